The van der Waals surface area contributed by atoms with E-state index in [9.17, 15) is 0 Å². The molecule has 2 aromatic heterocycles. The maximum absolute atomic E-state index is 4.87. The molecule has 0 amide bonds. The Balaban J connectivity index is 1.61. The summed E-state index contributed by atoms with van der Waals surface area (Å²) in [5, 5.41) is 1.21. The standard InChI is InChI=1S/C25H32N4/c1-18-9-7-11-21(26-18)17-28(3)22-12-5-6-13-23(22)29(4)24-14-8-10-20-16-15-19(2)27-25(20)24/h7-11,14-16,22-23H,5-6,12-13,17H2,1-4H3/t22-,23-/m1/s1. The van der Waals surface area contributed by atoms with Crippen molar-refractivity contribution in [3.05, 3.63) is 65.6 Å². The number of pyridine rings is 2. The van der Waals surface area contributed by atoms with Crippen molar-refractivity contribution in [3.8, 4) is 0 Å². The molecule has 4 rings (SSSR count). The second-order valence-corrected chi connectivity index (χ2v) is 8.52. The molecule has 3 aromatic rings. The Morgan fingerprint density at radius 2 is 1.55 bits per heavy atom. The number of anilines is 1. The van der Waals surface area contributed by atoms with E-state index in [0.717, 1.165) is 29.1 Å². The number of aryl methyl sites for hydroxylation is 2. The Labute approximate surface area is 174 Å². The highest BCUT2D eigenvalue weighted by atomic mass is 15.2. The Hall–Kier alpha value is -2.46. The molecule has 2 atom stereocenters. The molecule has 1 aliphatic rings. The van der Waals surface area contributed by atoms with Crippen LogP contribution >= 0.6 is 0 Å². The van der Waals surface area contributed by atoms with Gasteiger partial charge in [-0.15, -0.1) is 0 Å². The maximum atomic E-state index is 4.87. The topological polar surface area (TPSA) is 32.3 Å². The van der Waals surface area contributed by atoms with Crippen molar-refractivity contribution in [2.75, 3.05) is 19.0 Å². The number of hydrogen-bond donors (Lipinski definition) is 0. The van der Waals surface area contributed by atoms with Crippen molar-refractivity contribution in [2.24, 2.45) is 0 Å². The SMILES string of the molecule is Cc1cccc(CN(C)[C@@H]2CCCC[C@H]2N(C)c2cccc3ccc(C)nc23)n1. The quantitative estimate of drug-likeness (QED) is 0.607. The molecular formula is C25H32N4. The number of benzene rings is 1. The normalized spacial score (nSPS) is 19.6. The first-order chi connectivity index (χ1) is 14.0. The van der Waals surface area contributed by atoms with E-state index in [2.05, 4.69) is 86.3 Å². The van der Waals surface area contributed by atoms with Gasteiger partial charge in [-0.05, 0) is 58.0 Å². The molecule has 0 bridgehead atoms. The number of para-hydroxylation sites is 1. The van der Waals surface area contributed by atoms with E-state index in [1.807, 2.05) is 0 Å². The van der Waals surface area contributed by atoms with Crippen LogP contribution in [-0.4, -0.2) is 41.0 Å². The maximum Gasteiger partial charge on any atom is 0.0938 e. The van der Waals surface area contributed by atoms with Crippen molar-refractivity contribution in [2.45, 2.75) is 58.2 Å². The van der Waals surface area contributed by atoms with Crippen LogP contribution in [0.2, 0.25) is 0 Å². The average Bonchev–Trinajstić information content (AvgIpc) is 2.73. The number of likely N-dealkylation sites (N-methyl/N-ethyl adjacent to an activating group) is 2. The first-order valence-electron chi connectivity index (χ1n) is 10.7. The van der Waals surface area contributed by atoms with Crippen molar-refractivity contribution < 1.29 is 0 Å². The minimum atomic E-state index is 0.478. The van der Waals surface area contributed by atoms with Gasteiger partial charge in [0.25, 0.3) is 0 Å². The molecule has 152 valence electrons. The zero-order valence-electron chi connectivity index (χ0n) is 18.1. The van der Waals surface area contributed by atoms with Crippen LogP contribution in [0.3, 0.4) is 0 Å². The second kappa shape index (κ2) is 8.50. The molecule has 2 heterocycles. The number of nitrogens with zero attached hydrogens (tertiary/aromatic N) is 4. The molecule has 4 nitrogen and oxygen atoms in total. The number of hydrogen-bond acceptors (Lipinski definition) is 4. The highest BCUT2D eigenvalue weighted by Gasteiger charge is 2.32. The largest absolute Gasteiger partial charge is 0.368 e. The summed E-state index contributed by atoms with van der Waals surface area (Å²) in [6.45, 7) is 5.03. The van der Waals surface area contributed by atoms with Crippen molar-refractivity contribution in [1.82, 2.24) is 14.9 Å². The molecular weight excluding hydrogens is 356 g/mol. The van der Waals surface area contributed by atoms with Crippen LogP contribution in [0, 0.1) is 13.8 Å². The lowest BCUT2D eigenvalue weighted by Gasteiger charge is -2.43. The summed E-state index contributed by atoms with van der Waals surface area (Å²) in [4.78, 5) is 14.6. The van der Waals surface area contributed by atoms with Gasteiger partial charge in [0.1, 0.15) is 0 Å². The zero-order chi connectivity index (χ0) is 20.4. The molecule has 0 aliphatic heterocycles. The Morgan fingerprint density at radius 3 is 2.34 bits per heavy atom. The first kappa shape index (κ1) is 19.8. The predicted octanol–water partition coefficient (Wildman–Crippen LogP) is 5.13. The molecule has 0 N–H and O–H groups in total. The minimum Gasteiger partial charge on any atom is -0.368 e. The summed E-state index contributed by atoms with van der Waals surface area (Å²) in [6, 6.07) is 18.1. The molecule has 1 fully saturated rings. The monoisotopic (exact) mass is 388 g/mol. The van der Waals surface area contributed by atoms with Gasteiger partial charge in [0.05, 0.1) is 16.9 Å². The van der Waals surface area contributed by atoms with Gasteiger partial charge in [-0.2, -0.15) is 0 Å². The fraction of sp³-hybridized carbons (Fsp3) is 0.440. The molecule has 4 heteroatoms. The van der Waals surface area contributed by atoms with E-state index >= 15 is 0 Å². The first-order valence-corrected chi connectivity index (χ1v) is 10.7. The van der Waals surface area contributed by atoms with E-state index in [-0.39, 0.29) is 0 Å². The molecule has 1 saturated carbocycles. The molecule has 1 aliphatic carbocycles. The van der Waals surface area contributed by atoms with Gasteiger partial charge in [0.15, 0.2) is 0 Å². The highest BCUT2D eigenvalue weighted by Crippen LogP contribution is 2.33. The van der Waals surface area contributed by atoms with E-state index in [1.54, 1.807) is 0 Å². The summed E-state index contributed by atoms with van der Waals surface area (Å²) in [6.07, 6.45) is 5.04. The average molecular weight is 389 g/mol. The third kappa shape index (κ3) is 4.27. The zero-order valence-corrected chi connectivity index (χ0v) is 18.1. The van der Waals surface area contributed by atoms with Crippen LogP contribution in [-0.2, 0) is 6.54 Å². The lowest BCUT2D eigenvalue weighted by molar-refractivity contribution is 0.158. The number of rotatable bonds is 5. The molecule has 1 aromatic carbocycles. The van der Waals surface area contributed by atoms with Gasteiger partial charge in [0.2, 0.25) is 0 Å². The predicted molar refractivity (Wildman–Crippen MR) is 121 cm³/mol. The number of aromatic nitrogens is 2. The smallest absolute Gasteiger partial charge is 0.0938 e. The van der Waals surface area contributed by atoms with Crippen LogP contribution in [0.25, 0.3) is 10.9 Å². The number of fused-ring (bicyclic) bond motifs is 1. The third-order valence-electron chi connectivity index (χ3n) is 6.33. The lowest BCUT2D eigenvalue weighted by Crippen LogP contribution is -2.51. The van der Waals surface area contributed by atoms with Gasteiger partial charge in [-0.3, -0.25) is 14.9 Å². The summed E-state index contributed by atoms with van der Waals surface area (Å²) in [5.74, 6) is 0. The van der Waals surface area contributed by atoms with Gasteiger partial charge >= 0.3 is 0 Å². The lowest BCUT2D eigenvalue weighted by atomic mass is 9.88. The molecule has 0 spiro atoms. The van der Waals surface area contributed by atoms with E-state index in [0.29, 0.717) is 12.1 Å². The van der Waals surface area contributed by atoms with Crippen molar-refractivity contribution >= 4 is 16.6 Å². The van der Waals surface area contributed by atoms with Crippen LogP contribution < -0.4 is 4.90 Å². The van der Waals surface area contributed by atoms with Crippen LogP contribution in [0.4, 0.5) is 5.69 Å². The van der Waals surface area contributed by atoms with Crippen molar-refractivity contribution in [1.29, 1.82) is 0 Å². The van der Waals surface area contributed by atoms with Gasteiger partial charge in [0, 0.05) is 42.5 Å². The van der Waals surface area contributed by atoms with E-state index < -0.39 is 0 Å². The van der Waals surface area contributed by atoms with Gasteiger partial charge < -0.3 is 4.90 Å². The Morgan fingerprint density at radius 1 is 0.828 bits per heavy atom. The Bertz CT molecular complexity index is 983. The van der Waals surface area contributed by atoms with Crippen molar-refractivity contribution in [3.63, 3.8) is 0 Å². The van der Waals surface area contributed by atoms with Crippen LogP contribution in [0.15, 0.2) is 48.5 Å². The summed E-state index contributed by atoms with van der Waals surface area (Å²) in [5.41, 5.74) is 5.67. The minimum absolute atomic E-state index is 0.478. The van der Waals surface area contributed by atoms with E-state index in [1.165, 1.54) is 36.8 Å². The van der Waals surface area contributed by atoms with Crippen LogP contribution in [0.5, 0.6) is 0 Å². The van der Waals surface area contributed by atoms with Crippen LogP contribution in [0.1, 0.15) is 42.8 Å². The summed E-state index contributed by atoms with van der Waals surface area (Å²) >= 11 is 0. The third-order valence-corrected chi connectivity index (χ3v) is 6.33. The Kier molecular flexibility index (Phi) is 5.81. The second-order valence-electron chi connectivity index (χ2n) is 8.52. The molecule has 0 saturated heterocycles. The van der Waals surface area contributed by atoms with Gasteiger partial charge in [-0.1, -0.05) is 37.1 Å². The fourth-order valence-electron chi connectivity index (χ4n) is 4.81. The molecule has 29 heavy (non-hydrogen) atoms. The fourth-order valence-corrected chi connectivity index (χ4v) is 4.81. The van der Waals surface area contributed by atoms with Gasteiger partial charge in [-0.25, -0.2) is 0 Å². The highest BCUT2D eigenvalue weighted by molar-refractivity contribution is 5.91. The molecule has 0 radical (unpaired) electrons. The molecule has 0 unspecified atom stereocenters. The van der Waals surface area contributed by atoms with E-state index in [4.69, 9.17) is 9.97 Å². The summed E-state index contributed by atoms with van der Waals surface area (Å²) in [7, 11) is 4.51. The summed E-state index contributed by atoms with van der Waals surface area (Å²) < 4.78 is 0.